The monoisotopic (exact) mass is 409 g/mol. The Morgan fingerprint density at radius 1 is 1.21 bits per heavy atom. The number of aromatic nitrogens is 1. The van der Waals surface area contributed by atoms with Crippen molar-refractivity contribution in [2.75, 3.05) is 31.6 Å². The Bertz CT molecular complexity index is 947. The smallest absolute Gasteiger partial charge is 0.191 e. The Morgan fingerprint density at radius 3 is 2.83 bits per heavy atom. The van der Waals surface area contributed by atoms with Crippen molar-refractivity contribution >= 4 is 33.2 Å². The first-order valence-electron chi connectivity index (χ1n) is 10.0. The fourth-order valence-electron chi connectivity index (χ4n) is 3.56. The Morgan fingerprint density at radius 2 is 2.03 bits per heavy atom. The fourth-order valence-corrected chi connectivity index (χ4v) is 4.61. The molecule has 3 aromatic rings. The Labute approximate surface area is 175 Å². The molecule has 7 heteroatoms. The van der Waals surface area contributed by atoms with E-state index in [2.05, 4.69) is 49.8 Å². The average molecular weight is 410 g/mol. The number of anilines is 1. The molecular formula is C22H27N5OS. The van der Waals surface area contributed by atoms with E-state index in [0.717, 1.165) is 29.3 Å². The molecule has 3 heterocycles. The minimum Gasteiger partial charge on any atom is -0.386 e. The number of aliphatic hydroxyl groups excluding tert-OH is 1. The van der Waals surface area contributed by atoms with Crippen LogP contribution in [0.15, 0.2) is 53.7 Å². The van der Waals surface area contributed by atoms with Crippen molar-refractivity contribution in [2.24, 2.45) is 4.99 Å². The lowest BCUT2D eigenvalue weighted by Gasteiger charge is -2.18. The van der Waals surface area contributed by atoms with Gasteiger partial charge in [-0.05, 0) is 48.1 Å². The summed E-state index contributed by atoms with van der Waals surface area (Å²) in [4.78, 5) is 12.1. The van der Waals surface area contributed by atoms with Crippen molar-refractivity contribution in [3.05, 3.63) is 59.1 Å². The lowest BCUT2D eigenvalue weighted by molar-refractivity contribution is 0.184. The second kappa shape index (κ2) is 9.24. The number of thiophene rings is 1. The summed E-state index contributed by atoms with van der Waals surface area (Å²) in [5.41, 5.74) is 1.16. The fraction of sp³-hybridized carbons (Fsp3) is 0.364. The van der Waals surface area contributed by atoms with E-state index in [0.29, 0.717) is 19.0 Å². The number of fused-ring (bicyclic) bond motifs is 1. The molecule has 2 aromatic heterocycles. The van der Waals surface area contributed by atoms with E-state index in [-0.39, 0.29) is 0 Å². The van der Waals surface area contributed by atoms with E-state index in [1.54, 1.807) is 18.4 Å². The van der Waals surface area contributed by atoms with Crippen LogP contribution in [-0.2, 0) is 6.54 Å². The summed E-state index contributed by atoms with van der Waals surface area (Å²) in [6.45, 7) is 3.23. The van der Waals surface area contributed by atoms with E-state index < -0.39 is 6.10 Å². The summed E-state index contributed by atoms with van der Waals surface area (Å²) in [6.07, 6.45) is 3.77. The molecule has 29 heavy (non-hydrogen) atoms. The highest BCUT2D eigenvalue weighted by molar-refractivity contribution is 7.19. The summed E-state index contributed by atoms with van der Waals surface area (Å²) < 4.78 is 1.19. The first-order chi connectivity index (χ1) is 14.2. The lowest BCUT2D eigenvalue weighted by atomic mass is 10.2. The molecule has 152 valence electrons. The number of aliphatic imine (C=N–C) groups is 1. The molecule has 1 saturated heterocycles. The van der Waals surface area contributed by atoms with E-state index in [1.165, 1.54) is 22.9 Å². The van der Waals surface area contributed by atoms with Gasteiger partial charge in [-0.25, -0.2) is 4.98 Å². The number of pyridine rings is 1. The second-order valence-corrected chi connectivity index (χ2v) is 8.34. The normalized spacial score (nSPS) is 15.7. The van der Waals surface area contributed by atoms with Crippen molar-refractivity contribution in [3.8, 4) is 0 Å². The Kier molecular flexibility index (Phi) is 6.27. The zero-order chi connectivity index (χ0) is 20.1. The molecule has 0 amide bonds. The molecule has 0 aliphatic carbocycles. The molecule has 1 aromatic carbocycles. The minimum absolute atomic E-state index is 0.405. The number of rotatable bonds is 6. The van der Waals surface area contributed by atoms with Crippen molar-refractivity contribution in [1.82, 2.24) is 15.6 Å². The van der Waals surface area contributed by atoms with Gasteiger partial charge >= 0.3 is 0 Å². The number of aliphatic hydroxyl groups is 1. The predicted octanol–water partition coefficient (Wildman–Crippen LogP) is 3.30. The highest BCUT2D eigenvalue weighted by atomic mass is 32.1. The van der Waals surface area contributed by atoms with Gasteiger partial charge in [-0.15, -0.1) is 11.3 Å². The highest BCUT2D eigenvalue weighted by Gasteiger charge is 2.14. The van der Waals surface area contributed by atoms with Gasteiger partial charge in [-0.3, -0.25) is 4.99 Å². The maximum absolute atomic E-state index is 10.6. The number of nitrogens with zero attached hydrogens (tertiary/aromatic N) is 3. The van der Waals surface area contributed by atoms with Crippen molar-refractivity contribution in [2.45, 2.75) is 25.5 Å². The van der Waals surface area contributed by atoms with Crippen LogP contribution in [-0.4, -0.2) is 42.7 Å². The quantitative estimate of drug-likeness (QED) is 0.430. The largest absolute Gasteiger partial charge is 0.386 e. The Balaban J connectivity index is 1.31. The minimum atomic E-state index is -0.575. The SMILES string of the molecule is CN=C(NCc1ccnc(N2CCCC2)c1)NCC(O)c1cc2ccccc2s1. The molecular weight excluding hydrogens is 382 g/mol. The summed E-state index contributed by atoms with van der Waals surface area (Å²) in [5.74, 6) is 1.72. The molecule has 0 saturated carbocycles. The van der Waals surface area contributed by atoms with E-state index in [1.807, 2.05) is 24.4 Å². The van der Waals surface area contributed by atoms with Crippen LogP contribution >= 0.6 is 11.3 Å². The third-order valence-corrected chi connectivity index (χ3v) is 6.38. The van der Waals surface area contributed by atoms with Gasteiger partial charge in [0.2, 0.25) is 0 Å². The molecule has 1 aliphatic rings. The molecule has 1 unspecified atom stereocenters. The number of benzene rings is 1. The van der Waals surface area contributed by atoms with Crippen LogP contribution in [0, 0.1) is 0 Å². The second-order valence-electron chi connectivity index (χ2n) is 7.23. The third-order valence-electron chi connectivity index (χ3n) is 5.16. The summed E-state index contributed by atoms with van der Waals surface area (Å²) in [6, 6.07) is 14.4. The van der Waals surface area contributed by atoms with Crippen LogP contribution in [0.5, 0.6) is 0 Å². The molecule has 6 nitrogen and oxygen atoms in total. The van der Waals surface area contributed by atoms with Crippen LogP contribution < -0.4 is 15.5 Å². The number of guanidine groups is 1. The van der Waals surface area contributed by atoms with Gasteiger partial charge in [0, 0.05) is 49.0 Å². The van der Waals surface area contributed by atoms with Crippen LogP contribution in [0.25, 0.3) is 10.1 Å². The third kappa shape index (κ3) is 4.86. The maximum atomic E-state index is 10.6. The molecule has 4 rings (SSSR count). The van der Waals surface area contributed by atoms with Crippen LogP contribution in [0.4, 0.5) is 5.82 Å². The summed E-state index contributed by atoms with van der Waals surface area (Å²) in [7, 11) is 1.74. The number of hydrogen-bond acceptors (Lipinski definition) is 5. The van der Waals surface area contributed by atoms with E-state index >= 15 is 0 Å². The average Bonchev–Trinajstić information content (AvgIpc) is 3.44. The van der Waals surface area contributed by atoms with Crippen LogP contribution in [0.3, 0.4) is 0 Å². The zero-order valence-electron chi connectivity index (χ0n) is 16.6. The van der Waals surface area contributed by atoms with Gasteiger partial charge in [-0.2, -0.15) is 0 Å². The Hall–Kier alpha value is -2.64. The zero-order valence-corrected chi connectivity index (χ0v) is 17.5. The molecule has 0 bridgehead atoms. The first-order valence-corrected chi connectivity index (χ1v) is 10.9. The van der Waals surface area contributed by atoms with Gasteiger partial charge in [-0.1, -0.05) is 18.2 Å². The predicted molar refractivity (Wildman–Crippen MR) is 121 cm³/mol. The van der Waals surface area contributed by atoms with E-state index in [4.69, 9.17) is 0 Å². The standard InChI is InChI=1S/C22H27N5OS/c1-23-22(25-14-16-8-9-24-21(12-16)27-10-4-5-11-27)26-15-18(28)20-13-17-6-2-3-7-19(17)29-20/h2-3,6-9,12-13,18,28H,4-5,10-11,14-15H2,1H3,(H2,23,25,26). The molecule has 3 N–H and O–H groups in total. The van der Waals surface area contributed by atoms with Gasteiger partial charge in [0.15, 0.2) is 5.96 Å². The first kappa shape index (κ1) is 19.7. The van der Waals surface area contributed by atoms with E-state index in [9.17, 15) is 5.11 Å². The highest BCUT2D eigenvalue weighted by Crippen LogP contribution is 2.29. The lowest BCUT2D eigenvalue weighted by Crippen LogP contribution is -2.38. The molecule has 1 aliphatic heterocycles. The summed E-state index contributed by atoms with van der Waals surface area (Å²) in [5, 5.41) is 18.3. The van der Waals surface area contributed by atoms with Gasteiger partial charge < -0.3 is 20.6 Å². The van der Waals surface area contributed by atoms with Crippen molar-refractivity contribution in [1.29, 1.82) is 0 Å². The number of hydrogen-bond donors (Lipinski definition) is 3. The molecule has 0 spiro atoms. The topological polar surface area (TPSA) is 72.8 Å². The maximum Gasteiger partial charge on any atom is 0.191 e. The van der Waals surface area contributed by atoms with Crippen LogP contribution in [0.2, 0.25) is 0 Å². The van der Waals surface area contributed by atoms with Crippen molar-refractivity contribution in [3.63, 3.8) is 0 Å². The summed E-state index contributed by atoms with van der Waals surface area (Å²) >= 11 is 1.63. The van der Waals surface area contributed by atoms with Gasteiger partial charge in [0.25, 0.3) is 0 Å². The van der Waals surface area contributed by atoms with Gasteiger partial charge in [0.1, 0.15) is 11.9 Å². The van der Waals surface area contributed by atoms with Crippen molar-refractivity contribution < 1.29 is 5.11 Å². The molecule has 0 radical (unpaired) electrons. The van der Waals surface area contributed by atoms with Gasteiger partial charge in [0.05, 0.1) is 0 Å². The number of nitrogens with one attached hydrogen (secondary N) is 2. The molecule has 1 atom stereocenters. The van der Waals surface area contributed by atoms with Crippen LogP contribution in [0.1, 0.15) is 29.4 Å². The molecule has 1 fully saturated rings.